The van der Waals surface area contributed by atoms with Crippen molar-refractivity contribution in [1.82, 2.24) is 4.90 Å². The second-order valence-electron chi connectivity index (χ2n) is 4.10. The summed E-state index contributed by atoms with van der Waals surface area (Å²) in [4.78, 5) is 12.9. The summed E-state index contributed by atoms with van der Waals surface area (Å²) < 4.78 is 4.91. The van der Waals surface area contributed by atoms with E-state index in [0.29, 0.717) is 12.1 Å². The maximum Gasteiger partial charge on any atom is 0.372 e. The average Bonchev–Trinajstić information content (AvgIpc) is 2.72. The summed E-state index contributed by atoms with van der Waals surface area (Å²) in [5.41, 5.74) is 0.696. The molecule has 0 saturated heterocycles. The molecule has 5 heteroatoms. The molecule has 1 aromatic heterocycles. The molecule has 1 rings (SSSR count). The highest BCUT2D eigenvalue weighted by Gasteiger charge is 2.14. The third-order valence-corrected chi connectivity index (χ3v) is 2.58. The Morgan fingerprint density at radius 2 is 2.18 bits per heavy atom. The van der Waals surface area contributed by atoms with Crippen LogP contribution in [0.2, 0.25) is 0 Å². The fourth-order valence-electron chi connectivity index (χ4n) is 1.69. The van der Waals surface area contributed by atoms with Crippen molar-refractivity contribution in [2.75, 3.05) is 20.2 Å². The molecule has 0 spiro atoms. The smallest absolute Gasteiger partial charge is 0.372 e. The van der Waals surface area contributed by atoms with Gasteiger partial charge in [-0.2, -0.15) is 0 Å². The van der Waals surface area contributed by atoms with E-state index in [1.54, 1.807) is 6.07 Å². The number of aliphatic hydroxyl groups is 1. The van der Waals surface area contributed by atoms with Crippen molar-refractivity contribution in [3.63, 3.8) is 0 Å². The molecular weight excluding hydrogens is 222 g/mol. The number of furan rings is 1. The fourth-order valence-corrected chi connectivity index (χ4v) is 1.69. The lowest BCUT2D eigenvalue weighted by molar-refractivity contribution is 0.0659. The molecule has 5 nitrogen and oxygen atoms in total. The van der Waals surface area contributed by atoms with E-state index in [-0.39, 0.29) is 12.4 Å². The Morgan fingerprint density at radius 1 is 1.41 bits per heavy atom. The average molecular weight is 241 g/mol. The maximum absolute atomic E-state index is 10.8. The molecule has 0 atom stereocenters. The van der Waals surface area contributed by atoms with E-state index >= 15 is 0 Å². The van der Waals surface area contributed by atoms with Crippen molar-refractivity contribution in [1.29, 1.82) is 0 Å². The van der Waals surface area contributed by atoms with Crippen LogP contribution in [-0.2, 0) is 6.54 Å². The highest BCUT2D eigenvalue weighted by Crippen LogP contribution is 2.13. The normalized spacial score (nSPS) is 11.0. The van der Waals surface area contributed by atoms with Crippen LogP contribution in [0.5, 0.6) is 0 Å². The highest BCUT2D eigenvalue weighted by molar-refractivity contribution is 5.86. The van der Waals surface area contributed by atoms with E-state index in [2.05, 4.69) is 4.90 Å². The molecule has 0 bridgehead atoms. The van der Waals surface area contributed by atoms with Gasteiger partial charge >= 0.3 is 5.97 Å². The first-order chi connectivity index (χ1) is 8.15. The van der Waals surface area contributed by atoms with Crippen LogP contribution < -0.4 is 0 Å². The topological polar surface area (TPSA) is 73.9 Å². The van der Waals surface area contributed by atoms with Crippen molar-refractivity contribution >= 4 is 5.97 Å². The molecule has 0 aliphatic carbocycles. The number of carboxylic acid groups (broad SMARTS) is 1. The number of rotatable bonds is 8. The van der Waals surface area contributed by atoms with Gasteiger partial charge in [-0.15, -0.1) is 0 Å². The lowest BCUT2D eigenvalue weighted by Crippen LogP contribution is -2.20. The second-order valence-corrected chi connectivity index (χ2v) is 4.10. The Bertz CT molecular complexity index is 348. The van der Waals surface area contributed by atoms with Gasteiger partial charge in [-0.1, -0.05) is 0 Å². The summed E-state index contributed by atoms with van der Waals surface area (Å²) in [5.74, 6) is -1.01. The monoisotopic (exact) mass is 241 g/mol. The summed E-state index contributed by atoms with van der Waals surface area (Å²) in [6.07, 6.45) is 4.20. The summed E-state index contributed by atoms with van der Waals surface area (Å²) in [6, 6.07) is 1.69. The van der Waals surface area contributed by atoms with Gasteiger partial charge in [0.25, 0.3) is 0 Å². The minimum absolute atomic E-state index is 0.0206. The van der Waals surface area contributed by atoms with E-state index in [1.165, 1.54) is 6.26 Å². The Hall–Kier alpha value is -1.33. The zero-order valence-electron chi connectivity index (χ0n) is 10.1. The van der Waals surface area contributed by atoms with E-state index in [1.807, 2.05) is 7.05 Å². The predicted molar refractivity (Wildman–Crippen MR) is 62.9 cm³/mol. The van der Waals surface area contributed by atoms with E-state index in [4.69, 9.17) is 14.6 Å². The van der Waals surface area contributed by atoms with Crippen molar-refractivity contribution in [2.24, 2.45) is 0 Å². The number of carbonyl (C=O) groups is 1. The number of aromatic carboxylic acids is 1. The van der Waals surface area contributed by atoms with E-state index in [0.717, 1.165) is 25.8 Å². The highest BCUT2D eigenvalue weighted by atomic mass is 16.4. The lowest BCUT2D eigenvalue weighted by Gasteiger charge is -2.15. The summed E-state index contributed by atoms with van der Waals surface area (Å²) in [6.45, 7) is 1.68. The van der Waals surface area contributed by atoms with Crippen LogP contribution in [-0.4, -0.2) is 41.3 Å². The third-order valence-electron chi connectivity index (χ3n) is 2.58. The number of unbranched alkanes of at least 4 members (excludes halogenated alkanes) is 2. The molecular formula is C12H19NO4. The molecule has 0 amide bonds. The minimum atomic E-state index is -1.03. The van der Waals surface area contributed by atoms with Gasteiger partial charge in [-0.25, -0.2) is 4.79 Å². The predicted octanol–water partition coefficient (Wildman–Crippen LogP) is 1.57. The molecule has 0 aromatic carbocycles. The first-order valence-corrected chi connectivity index (χ1v) is 5.74. The lowest BCUT2D eigenvalue weighted by atomic mass is 10.2. The van der Waals surface area contributed by atoms with E-state index in [9.17, 15) is 4.79 Å². The van der Waals surface area contributed by atoms with Crippen molar-refractivity contribution in [3.05, 3.63) is 23.7 Å². The van der Waals surface area contributed by atoms with Gasteiger partial charge in [0.2, 0.25) is 5.76 Å². The molecule has 17 heavy (non-hydrogen) atoms. The number of nitrogens with zero attached hydrogens (tertiary/aromatic N) is 1. The maximum atomic E-state index is 10.8. The van der Waals surface area contributed by atoms with Crippen molar-refractivity contribution < 1.29 is 19.4 Å². The third kappa shape index (κ3) is 4.58. The van der Waals surface area contributed by atoms with Crippen molar-refractivity contribution in [3.8, 4) is 0 Å². The van der Waals surface area contributed by atoms with Crippen LogP contribution in [0, 0.1) is 0 Å². The van der Waals surface area contributed by atoms with Crippen LogP contribution in [0.25, 0.3) is 0 Å². The van der Waals surface area contributed by atoms with Crippen LogP contribution in [0.4, 0.5) is 0 Å². The van der Waals surface area contributed by atoms with Gasteiger partial charge < -0.3 is 19.5 Å². The number of hydrogen-bond donors (Lipinski definition) is 2. The fraction of sp³-hybridized carbons (Fsp3) is 0.583. The first kappa shape index (κ1) is 13.7. The minimum Gasteiger partial charge on any atom is -0.475 e. The Morgan fingerprint density at radius 3 is 2.82 bits per heavy atom. The molecule has 0 fully saturated rings. The van der Waals surface area contributed by atoms with Crippen LogP contribution in [0.3, 0.4) is 0 Å². The zero-order chi connectivity index (χ0) is 12.7. The second kappa shape index (κ2) is 7.09. The number of aliphatic hydroxyl groups excluding tert-OH is 1. The van der Waals surface area contributed by atoms with Crippen LogP contribution in [0.15, 0.2) is 16.7 Å². The molecule has 0 saturated carbocycles. The van der Waals surface area contributed by atoms with Crippen LogP contribution >= 0.6 is 0 Å². The first-order valence-electron chi connectivity index (χ1n) is 5.74. The Balaban J connectivity index is 2.37. The zero-order valence-corrected chi connectivity index (χ0v) is 10.1. The molecule has 0 aliphatic heterocycles. The molecule has 0 radical (unpaired) electrons. The summed E-state index contributed by atoms with van der Waals surface area (Å²) >= 11 is 0. The molecule has 0 aliphatic rings. The van der Waals surface area contributed by atoms with Gasteiger partial charge in [0.1, 0.15) is 0 Å². The summed E-state index contributed by atoms with van der Waals surface area (Å²) in [5, 5.41) is 17.5. The number of carboxylic acids is 1. The largest absolute Gasteiger partial charge is 0.475 e. The van der Waals surface area contributed by atoms with Gasteiger partial charge in [0.15, 0.2) is 0 Å². The molecule has 1 aromatic rings. The summed E-state index contributed by atoms with van der Waals surface area (Å²) in [7, 11) is 1.94. The molecule has 96 valence electrons. The van der Waals surface area contributed by atoms with Crippen LogP contribution in [0.1, 0.15) is 35.4 Å². The molecule has 0 unspecified atom stereocenters. The van der Waals surface area contributed by atoms with Gasteiger partial charge in [0, 0.05) is 18.7 Å². The number of hydrogen-bond acceptors (Lipinski definition) is 4. The van der Waals surface area contributed by atoms with Gasteiger partial charge in [-0.05, 0) is 38.9 Å². The van der Waals surface area contributed by atoms with Gasteiger partial charge in [0.05, 0.1) is 6.26 Å². The molecule has 2 N–H and O–H groups in total. The van der Waals surface area contributed by atoms with Crippen molar-refractivity contribution in [2.45, 2.75) is 25.8 Å². The standard InChI is InChI=1S/C12H19NO4/c1-13(6-3-2-4-7-14)9-10-5-8-17-11(10)12(15)16/h5,8,14H,2-4,6-7,9H2,1H3,(H,15,16). The Kier molecular flexibility index (Phi) is 5.72. The Labute approximate surface area is 101 Å². The van der Waals surface area contributed by atoms with E-state index < -0.39 is 5.97 Å². The quantitative estimate of drug-likeness (QED) is 0.676. The van der Waals surface area contributed by atoms with Gasteiger partial charge in [-0.3, -0.25) is 0 Å². The SMILES string of the molecule is CN(CCCCCO)Cc1ccoc1C(=O)O. The molecule has 1 heterocycles.